The van der Waals surface area contributed by atoms with Crippen LogP contribution in [0.1, 0.15) is 33.6 Å². The Balaban J connectivity index is 1.95. The largest absolute Gasteiger partial charge is 0.358 e. The fourth-order valence-electron chi connectivity index (χ4n) is 2.79. The van der Waals surface area contributed by atoms with Crippen LogP contribution >= 0.6 is 0 Å². The molecule has 0 aromatic rings. The van der Waals surface area contributed by atoms with E-state index in [4.69, 9.17) is 4.99 Å². The monoisotopic (exact) mass is 287 g/mol. The lowest BCUT2D eigenvalue weighted by Crippen LogP contribution is -2.22. The molecule has 1 amide bonds. The molecule has 2 aliphatic rings. The summed E-state index contributed by atoms with van der Waals surface area (Å²) in [5, 5.41) is 6.19. The molecule has 0 aromatic heterocycles. The summed E-state index contributed by atoms with van der Waals surface area (Å²) in [6.07, 6.45) is 11.3. The summed E-state index contributed by atoms with van der Waals surface area (Å²) >= 11 is 0. The minimum absolute atomic E-state index is 0.323. The third-order valence-electron chi connectivity index (χ3n) is 4.23. The number of nitrogens with one attached hydrogen (secondary N) is 2. The minimum atomic E-state index is 0.323. The number of nitrogens with zero attached hydrogens (tertiary/aromatic N) is 1. The first kappa shape index (κ1) is 15.5. The maximum absolute atomic E-state index is 10.4. The van der Waals surface area contributed by atoms with E-state index in [1.165, 1.54) is 11.3 Å². The highest BCUT2D eigenvalue weighted by molar-refractivity contribution is 5.82. The van der Waals surface area contributed by atoms with Gasteiger partial charge in [-0.05, 0) is 31.3 Å². The van der Waals surface area contributed by atoms with E-state index in [1.807, 2.05) is 6.92 Å². The van der Waals surface area contributed by atoms with Gasteiger partial charge in [-0.25, -0.2) is 0 Å². The van der Waals surface area contributed by atoms with E-state index < -0.39 is 0 Å². The second-order valence-electron chi connectivity index (χ2n) is 5.71. The molecule has 4 heteroatoms. The molecule has 21 heavy (non-hydrogen) atoms. The van der Waals surface area contributed by atoms with Gasteiger partial charge in [0.15, 0.2) is 0 Å². The van der Waals surface area contributed by atoms with E-state index in [1.54, 1.807) is 0 Å². The van der Waals surface area contributed by atoms with Crippen LogP contribution < -0.4 is 10.6 Å². The first-order chi connectivity index (χ1) is 10.2. The Bertz CT molecular complexity index is 502. The maximum Gasteiger partial charge on any atom is 0.207 e. The first-order valence-corrected chi connectivity index (χ1v) is 7.72. The Morgan fingerprint density at radius 1 is 1.52 bits per heavy atom. The lowest BCUT2D eigenvalue weighted by Gasteiger charge is -2.12. The second-order valence-corrected chi connectivity index (χ2v) is 5.71. The van der Waals surface area contributed by atoms with Crippen LogP contribution in [0.2, 0.25) is 0 Å². The van der Waals surface area contributed by atoms with Crippen LogP contribution in [0, 0.1) is 11.8 Å². The number of amides is 1. The van der Waals surface area contributed by atoms with Crippen LogP contribution in [0.3, 0.4) is 0 Å². The molecular weight excluding hydrogens is 262 g/mol. The Labute approximate surface area is 127 Å². The molecule has 0 heterocycles. The molecule has 4 nitrogen and oxygen atoms in total. The predicted octanol–water partition coefficient (Wildman–Crippen LogP) is 2.56. The molecule has 1 fully saturated rings. The molecule has 0 aromatic carbocycles. The molecule has 3 atom stereocenters. The lowest BCUT2D eigenvalue weighted by atomic mass is 10.1. The van der Waals surface area contributed by atoms with Crippen LogP contribution in [0.15, 0.2) is 40.6 Å². The predicted molar refractivity (Wildman–Crippen MR) is 87.0 cm³/mol. The molecule has 0 aliphatic heterocycles. The molecule has 0 spiro atoms. The zero-order valence-corrected chi connectivity index (χ0v) is 13.1. The van der Waals surface area contributed by atoms with E-state index in [2.05, 4.69) is 48.8 Å². The topological polar surface area (TPSA) is 53.5 Å². The van der Waals surface area contributed by atoms with Crippen LogP contribution in [-0.2, 0) is 4.79 Å². The summed E-state index contributed by atoms with van der Waals surface area (Å²) in [6, 6.07) is 0.323. The number of hydrogen-bond donors (Lipinski definition) is 2. The number of hydrogen-bond acceptors (Lipinski definition) is 2. The molecule has 2 N–H and O–H groups in total. The first-order valence-electron chi connectivity index (χ1n) is 7.72. The highest BCUT2D eigenvalue weighted by Gasteiger charge is 2.46. The van der Waals surface area contributed by atoms with Crippen molar-refractivity contribution in [2.75, 3.05) is 6.54 Å². The van der Waals surface area contributed by atoms with Crippen molar-refractivity contribution in [1.82, 2.24) is 10.6 Å². The van der Waals surface area contributed by atoms with Gasteiger partial charge in [-0.15, -0.1) is 0 Å². The Morgan fingerprint density at radius 3 is 3.05 bits per heavy atom. The Kier molecular flexibility index (Phi) is 5.37. The van der Waals surface area contributed by atoms with Gasteiger partial charge in [0.2, 0.25) is 6.41 Å². The smallest absolute Gasteiger partial charge is 0.207 e. The van der Waals surface area contributed by atoms with Crippen LogP contribution in [0.25, 0.3) is 0 Å². The summed E-state index contributed by atoms with van der Waals surface area (Å²) in [6.45, 7) is 7.09. The fraction of sp³-hybridized carbons (Fsp3) is 0.529. The average molecular weight is 287 g/mol. The Morgan fingerprint density at radius 2 is 2.33 bits per heavy atom. The summed E-state index contributed by atoms with van der Waals surface area (Å²) in [5.41, 5.74) is 2.47. The number of carbonyl (C=O) groups excluding carboxylic acids is 1. The van der Waals surface area contributed by atoms with Crippen molar-refractivity contribution in [3.8, 4) is 0 Å². The van der Waals surface area contributed by atoms with Gasteiger partial charge in [0.1, 0.15) is 0 Å². The summed E-state index contributed by atoms with van der Waals surface area (Å²) < 4.78 is 0. The molecule has 2 rings (SSSR count). The maximum atomic E-state index is 10.4. The highest BCUT2D eigenvalue weighted by atomic mass is 16.1. The normalized spacial score (nSPS) is 28.3. The second kappa shape index (κ2) is 7.25. The summed E-state index contributed by atoms with van der Waals surface area (Å²) in [4.78, 5) is 15.1. The third-order valence-corrected chi connectivity index (χ3v) is 4.23. The van der Waals surface area contributed by atoms with Crippen molar-refractivity contribution in [2.24, 2.45) is 16.8 Å². The number of amidine groups is 1. The van der Waals surface area contributed by atoms with Gasteiger partial charge in [-0.1, -0.05) is 38.2 Å². The number of carbonyl (C=O) groups is 1. The van der Waals surface area contributed by atoms with E-state index in [9.17, 15) is 4.79 Å². The average Bonchev–Trinajstić information content (AvgIpc) is 3.14. The quantitative estimate of drug-likeness (QED) is 0.448. The Hall–Kier alpha value is -1.84. The molecular formula is C17H25N3O. The zero-order chi connectivity index (χ0) is 15.2. The van der Waals surface area contributed by atoms with Crippen LogP contribution in [0.4, 0.5) is 0 Å². The highest BCUT2D eigenvalue weighted by Crippen LogP contribution is 2.41. The van der Waals surface area contributed by atoms with Gasteiger partial charge >= 0.3 is 0 Å². The van der Waals surface area contributed by atoms with Gasteiger partial charge in [0.25, 0.3) is 0 Å². The van der Waals surface area contributed by atoms with Crippen molar-refractivity contribution < 1.29 is 4.79 Å². The van der Waals surface area contributed by atoms with E-state index in [-0.39, 0.29) is 0 Å². The summed E-state index contributed by atoms with van der Waals surface area (Å²) in [7, 11) is 0. The van der Waals surface area contributed by atoms with Crippen LogP contribution in [-0.4, -0.2) is 24.8 Å². The van der Waals surface area contributed by atoms with Gasteiger partial charge in [0, 0.05) is 18.2 Å². The van der Waals surface area contributed by atoms with Crippen molar-refractivity contribution in [3.05, 3.63) is 35.6 Å². The minimum Gasteiger partial charge on any atom is -0.358 e. The summed E-state index contributed by atoms with van der Waals surface area (Å²) in [5.74, 6) is 1.96. The molecule has 0 saturated heterocycles. The SMILES string of the molecule is CCC1=CC=CCC=C1NC(C)=NC1C(C)C1CNC=O. The lowest BCUT2D eigenvalue weighted by molar-refractivity contribution is -0.109. The van der Waals surface area contributed by atoms with Crippen molar-refractivity contribution in [2.45, 2.75) is 39.7 Å². The van der Waals surface area contributed by atoms with Gasteiger partial charge in [0.05, 0.1) is 11.9 Å². The number of rotatable bonds is 6. The van der Waals surface area contributed by atoms with Gasteiger partial charge in [-0.3, -0.25) is 9.79 Å². The van der Waals surface area contributed by atoms with E-state index >= 15 is 0 Å². The van der Waals surface area contributed by atoms with E-state index in [0.717, 1.165) is 31.6 Å². The molecule has 0 radical (unpaired) electrons. The van der Waals surface area contributed by atoms with Crippen molar-refractivity contribution >= 4 is 12.2 Å². The molecule has 114 valence electrons. The van der Waals surface area contributed by atoms with E-state index in [0.29, 0.717) is 17.9 Å². The van der Waals surface area contributed by atoms with Crippen LogP contribution in [0.5, 0.6) is 0 Å². The molecule has 2 aliphatic carbocycles. The van der Waals surface area contributed by atoms with Gasteiger partial charge < -0.3 is 10.6 Å². The fourth-order valence-corrected chi connectivity index (χ4v) is 2.79. The number of aliphatic imine (C=N–C) groups is 1. The van der Waals surface area contributed by atoms with Crippen molar-refractivity contribution in [1.29, 1.82) is 0 Å². The van der Waals surface area contributed by atoms with Gasteiger partial charge in [-0.2, -0.15) is 0 Å². The zero-order valence-electron chi connectivity index (χ0n) is 13.1. The molecule has 0 bridgehead atoms. The van der Waals surface area contributed by atoms with Crippen molar-refractivity contribution in [3.63, 3.8) is 0 Å². The standard InChI is InChI=1S/C17H25N3O/c1-4-14-8-6-5-7-9-16(14)19-13(3)20-17-12(2)15(17)10-18-11-21/h5-6,8-9,11-12,15,17H,4,7,10H2,1-3H3,(H,18,21)(H,19,20). The molecule has 3 unspecified atom stereocenters. The third kappa shape index (κ3) is 4.06. The molecule has 1 saturated carbocycles. The number of allylic oxidation sites excluding steroid dienone is 5.